The van der Waals surface area contributed by atoms with Gasteiger partial charge >= 0.3 is 5.97 Å². The third-order valence-electron chi connectivity index (χ3n) is 3.21. The maximum Gasteiger partial charge on any atom is 0.311 e. The lowest BCUT2D eigenvalue weighted by Gasteiger charge is -2.24. The maximum absolute atomic E-state index is 11.6. The molecular formula is C12H15ClO4S2. The first-order valence-electron chi connectivity index (χ1n) is 6.14. The van der Waals surface area contributed by atoms with Crippen LogP contribution >= 0.6 is 22.0 Å². The molecule has 0 N–H and O–H groups in total. The van der Waals surface area contributed by atoms with Gasteiger partial charge in [0.15, 0.2) is 0 Å². The number of esters is 1. The number of carbonyl (C=O) groups is 1. The zero-order chi connectivity index (χ0) is 13.9. The van der Waals surface area contributed by atoms with E-state index in [1.165, 1.54) is 25.3 Å². The summed E-state index contributed by atoms with van der Waals surface area (Å²) in [6.45, 7) is 0.454. The summed E-state index contributed by atoms with van der Waals surface area (Å²) >= 11 is 1.00. The van der Waals surface area contributed by atoms with Crippen LogP contribution in [0.15, 0.2) is 16.3 Å². The van der Waals surface area contributed by atoms with E-state index in [1.807, 2.05) is 0 Å². The summed E-state index contributed by atoms with van der Waals surface area (Å²) in [6.07, 6.45) is 4.78. The molecule has 0 aliphatic heterocycles. The molecule has 19 heavy (non-hydrogen) atoms. The van der Waals surface area contributed by atoms with Gasteiger partial charge in [-0.15, -0.1) is 11.3 Å². The van der Waals surface area contributed by atoms with E-state index in [4.69, 9.17) is 15.4 Å². The quantitative estimate of drug-likeness (QED) is 0.597. The second-order valence-corrected chi connectivity index (χ2v) is 8.60. The lowest BCUT2D eigenvalue weighted by Crippen LogP contribution is -2.16. The summed E-state index contributed by atoms with van der Waals surface area (Å²) in [5, 5.41) is 0. The largest absolute Gasteiger partial charge is 0.465 e. The van der Waals surface area contributed by atoms with Crippen molar-refractivity contribution in [2.24, 2.45) is 5.92 Å². The molecule has 0 bridgehead atoms. The summed E-state index contributed by atoms with van der Waals surface area (Å²) in [7, 11) is 1.51. The average molecular weight is 323 g/mol. The van der Waals surface area contributed by atoms with Gasteiger partial charge in [0.25, 0.3) is 9.05 Å². The smallest absolute Gasteiger partial charge is 0.311 e. The Morgan fingerprint density at radius 1 is 1.42 bits per heavy atom. The van der Waals surface area contributed by atoms with E-state index in [0.717, 1.165) is 17.8 Å². The number of ether oxygens (including phenoxy) is 1. The fourth-order valence-electron chi connectivity index (χ4n) is 1.90. The molecule has 1 aromatic heterocycles. The molecule has 0 saturated heterocycles. The van der Waals surface area contributed by atoms with Crippen molar-refractivity contribution in [3.05, 3.63) is 17.0 Å². The highest BCUT2D eigenvalue weighted by Crippen LogP contribution is 2.29. The van der Waals surface area contributed by atoms with Gasteiger partial charge in [-0.3, -0.25) is 4.79 Å². The van der Waals surface area contributed by atoms with Crippen molar-refractivity contribution < 1.29 is 17.9 Å². The normalized spacial score (nSPS) is 16.1. The van der Waals surface area contributed by atoms with Crippen LogP contribution in [0.3, 0.4) is 0 Å². The third-order valence-corrected chi connectivity index (χ3v) is 6.39. The minimum Gasteiger partial charge on any atom is -0.465 e. The number of hydrogen-bond donors (Lipinski definition) is 0. The van der Waals surface area contributed by atoms with Crippen molar-refractivity contribution in [3.8, 4) is 0 Å². The lowest BCUT2D eigenvalue weighted by atomic mass is 9.83. The van der Waals surface area contributed by atoms with E-state index in [9.17, 15) is 13.2 Å². The van der Waals surface area contributed by atoms with Crippen LogP contribution < -0.4 is 0 Å². The molecule has 1 heterocycles. The maximum atomic E-state index is 11.6. The SMILES string of the molecule is O=C(Cc1ccc(S(=O)(=O)Cl)s1)OCCC1CCC1. The number of halogens is 1. The van der Waals surface area contributed by atoms with Gasteiger partial charge in [-0.1, -0.05) is 19.3 Å². The first kappa shape index (κ1) is 14.8. The van der Waals surface area contributed by atoms with E-state index in [1.54, 1.807) is 6.07 Å². The molecule has 2 rings (SSSR count). The molecule has 0 unspecified atom stereocenters. The summed E-state index contributed by atoms with van der Waals surface area (Å²) in [6, 6.07) is 3.00. The van der Waals surface area contributed by atoms with Crippen LogP contribution in [0.4, 0.5) is 0 Å². The summed E-state index contributed by atoms with van der Waals surface area (Å²) < 4.78 is 27.4. The van der Waals surface area contributed by atoms with Gasteiger partial charge in [0, 0.05) is 15.6 Å². The molecule has 0 spiro atoms. The van der Waals surface area contributed by atoms with E-state index in [-0.39, 0.29) is 16.6 Å². The predicted molar refractivity (Wildman–Crippen MR) is 74.0 cm³/mol. The zero-order valence-electron chi connectivity index (χ0n) is 10.3. The standard InChI is InChI=1S/C12H15ClO4S2/c13-19(15,16)12-5-4-10(18-12)8-11(14)17-7-6-9-2-1-3-9/h4-5,9H,1-3,6-8H2. The second-order valence-electron chi connectivity index (χ2n) is 4.64. The molecule has 0 atom stereocenters. The molecule has 0 aromatic carbocycles. The van der Waals surface area contributed by atoms with Gasteiger partial charge in [0.1, 0.15) is 4.21 Å². The van der Waals surface area contributed by atoms with E-state index < -0.39 is 9.05 Å². The highest BCUT2D eigenvalue weighted by Gasteiger charge is 2.18. The van der Waals surface area contributed by atoms with Crippen LogP contribution in [0, 0.1) is 5.92 Å². The number of hydrogen-bond acceptors (Lipinski definition) is 5. The Balaban J connectivity index is 1.76. The van der Waals surface area contributed by atoms with Gasteiger partial charge in [-0.25, -0.2) is 8.42 Å². The molecule has 1 fully saturated rings. The van der Waals surface area contributed by atoms with Gasteiger partial charge < -0.3 is 4.74 Å². The third kappa shape index (κ3) is 4.47. The van der Waals surface area contributed by atoms with Gasteiger partial charge in [-0.05, 0) is 24.5 Å². The van der Waals surface area contributed by atoms with Gasteiger partial charge in [0.2, 0.25) is 0 Å². The monoisotopic (exact) mass is 322 g/mol. The highest BCUT2D eigenvalue weighted by molar-refractivity contribution is 8.15. The zero-order valence-corrected chi connectivity index (χ0v) is 12.7. The van der Waals surface area contributed by atoms with Crippen LogP contribution in [0.1, 0.15) is 30.6 Å². The molecule has 1 aliphatic rings. The van der Waals surface area contributed by atoms with Crippen LogP contribution in [0.2, 0.25) is 0 Å². The molecule has 0 radical (unpaired) electrons. The van der Waals surface area contributed by atoms with Crippen molar-refractivity contribution >= 4 is 37.0 Å². The van der Waals surface area contributed by atoms with Crippen molar-refractivity contribution in [3.63, 3.8) is 0 Å². The fraction of sp³-hybridized carbons (Fsp3) is 0.583. The van der Waals surface area contributed by atoms with Gasteiger partial charge in [0.05, 0.1) is 13.0 Å². The second kappa shape index (κ2) is 6.24. The Morgan fingerprint density at radius 2 is 2.16 bits per heavy atom. The predicted octanol–water partition coefficient (Wildman–Crippen LogP) is 2.95. The molecule has 0 amide bonds. The molecule has 7 heteroatoms. The molecule has 1 aromatic rings. The van der Waals surface area contributed by atoms with Crippen molar-refractivity contribution in [2.75, 3.05) is 6.61 Å². The van der Waals surface area contributed by atoms with E-state index >= 15 is 0 Å². The molecule has 1 aliphatic carbocycles. The summed E-state index contributed by atoms with van der Waals surface area (Å²) in [5.41, 5.74) is 0. The van der Waals surface area contributed by atoms with Crippen LogP contribution in [-0.2, 0) is 25.0 Å². The number of thiophene rings is 1. The van der Waals surface area contributed by atoms with E-state index in [2.05, 4.69) is 0 Å². The molecule has 4 nitrogen and oxygen atoms in total. The highest BCUT2D eigenvalue weighted by atomic mass is 35.7. The molecular weight excluding hydrogens is 308 g/mol. The van der Waals surface area contributed by atoms with Crippen LogP contribution in [0.25, 0.3) is 0 Å². The first-order valence-corrected chi connectivity index (χ1v) is 9.27. The lowest BCUT2D eigenvalue weighted by molar-refractivity contribution is -0.143. The van der Waals surface area contributed by atoms with Crippen molar-refractivity contribution in [1.82, 2.24) is 0 Å². The van der Waals surface area contributed by atoms with Crippen LogP contribution in [0.5, 0.6) is 0 Å². The van der Waals surface area contributed by atoms with Gasteiger partial charge in [-0.2, -0.15) is 0 Å². The summed E-state index contributed by atoms with van der Waals surface area (Å²) in [5.74, 6) is 0.391. The number of rotatable bonds is 6. The summed E-state index contributed by atoms with van der Waals surface area (Å²) in [4.78, 5) is 12.2. The average Bonchev–Trinajstić information content (AvgIpc) is 2.69. The van der Waals surface area contributed by atoms with Crippen molar-refractivity contribution in [1.29, 1.82) is 0 Å². The topological polar surface area (TPSA) is 60.4 Å². The Labute approximate surface area is 121 Å². The number of carbonyl (C=O) groups excluding carboxylic acids is 1. The first-order chi connectivity index (χ1) is 8.95. The minimum atomic E-state index is -3.70. The Hall–Kier alpha value is -0.590. The Bertz CT molecular complexity index is 546. The fourth-order valence-corrected chi connectivity index (χ4v) is 4.01. The molecule has 106 valence electrons. The van der Waals surface area contributed by atoms with Crippen molar-refractivity contribution in [2.45, 2.75) is 36.3 Å². The Morgan fingerprint density at radius 3 is 2.68 bits per heavy atom. The Kier molecular flexibility index (Phi) is 4.86. The minimum absolute atomic E-state index is 0.0615. The molecule has 1 saturated carbocycles. The van der Waals surface area contributed by atoms with Crippen LogP contribution in [-0.4, -0.2) is 21.0 Å². The van der Waals surface area contributed by atoms with E-state index in [0.29, 0.717) is 17.4 Å².